The average Bonchev–Trinajstić information content (AvgIpc) is 2.70. The number of halogens is 2. The molecule has 0 aliphatic carbocycles. The molecule has 2 heterocycles. The Morgan fingerprint density at radius 1 is 1.41 bits per heavy atom. The van der Waals surface area contributed by atoms with Crippen LogP contribution < -0.4 is 10.2 Å². The first-order chi connectivity index (χ1) is 13.9. The highest BCUT2D eigenvalue weighted by atomic mass is 35.5. The Balaban J connectivity index is 1.94. The van der Waals surface area contributed by atoms with Gasteiger partial charge in [-0.15, -0.1) is 0 Å². The Hall–Kier alpha value is -2.65. The van der Waals surface area contributed by atoms with Crippen molar-refractivity contribution in [3.63, 3.8) is 0 Å². The molecule has 0 spiro atoms. The first-order valence-electron chi connectivity index (χ1n) is 9.03. The van der Waals surface area contributed by atoms with E-state index in [2.05, 4.69) is 15.3 Å². The third kappa shape index (κ3) is 4.86. The topological polar surface area (TPSA) is 110 Å². The van der Waals surface area contributed by atoms with E-state index in [4.69, 9.17) is 27.9 Å². The molecule has 0 amide bonds. The molecule has 1 aliphatic heterocycles. The highest BCUT2D eigenvalue weighted by molar-refractivity contribution is 6.35. The lowest BCUT2D eigenvalue weighted by molar-refractivity contribution is -0.383. The van der Waals surface area contributed by atoms with Gasteiger partial charge < -0.3 is 15.0 Å². The van der Waals surface area contributed by atoms with Crippen LogP contribution in [0.15, 0.2) is 24.5 Å². The molecule has 1 unspecified atom stereocenters. The molecule has 1 fully saturated rings. The van der Waals surface area contributed by atoms with E-state index >= 15 is 0 Å². The molecule has 1 aliphatic rings. The number of carbonyl (C=O) groups excluding carboxylic acids is 1. The predicted molar refractivity (Wildman–Crippen MR) is 110 cm³/mol. The minimum absolute atomic E-state index is 0.0116. The highest BCUT2D eigenvalue weighted by Crippen LogP contribution is 2.37. The van der Waals surface area contributed by atoms with Gasteiger partial charge in [-0.05, 0) is 38.0 Å². The number of anilines is 3. The maximum atomic E-state index is 12.1. The van der Waals surface area contributed by atoms with Crippen molar-refractivity contribution in [2.24, 2.45) is 5.92 Å². The van der Waals surface area contributed by atoms with E-state index in [1.165, 1.54) is 6.33 Å². The van der Waals surface area contributed by atoms with Crippen molar-refractivity contribution < 1.29 is 14.5 Å². The van der Waals surface area contributed by atoms with Gasteiger partial charge in [-0.3, -0.25) is 14.9 Å². The molecule has 9 nitrogen and oxygen atoms in total. The van der Waals surface area contributed by atoms with Crippen LogP contribution in [0.3, 0.4) is 0 Å². The molecule has 0 radical (unpaired) electrons. The summed E-state index contributed by atoms with van der Waals surface area (Å²) in [4.78, 5) is 33.3. The SMILES string of the molecule is CCOC(=O)C1CCCN(c2ncnc(Nc3cc(Cl)ccc3Cl)c2[N+](=O)[O-])C1. The summed E-state index contributed by atoms with van der Waals surface area (Å²) >= 11 is 12.1. The van der Waals surface area contributed by atoms with Crippen molar-refractivity contribution >= 4 is 52.2 Å². The van der Waals surface area contributed by atoms with Crippen molar-refractivity contribution in [1.82, 2.24) is 9.97 Å². The van der Waals surface area contributed by atoms with Crippen LogP contribution in [0.4, 0.5) is 23.0 Å². The normalized spacial score (nSPS) is 16.4. The number of piperidine rings is 1. The van der Waals surface area contributed by atoms with Gasteiger partial charge in [0.1, 0.15) is 6.33 Å². The van der Waals surface area contributed by atoms with Crippen LogP contribution in [0, 0.1) is 16.0 Å². The largest absolute Gasteiger partial charge is 0.466 e. The van der Waals surface area contributed by atoms with Crippen LogP contribution in [0.5, 0.6) is 0 Å². The van der Waals surface area contributed by atoms with Crippen molar-refractivity contribution in [1.29, 1.82) is 0 Å². The van der Waals surface area contributed by atoms with E-state index in [1.807, 2.05) is 0 Å². The van der Waals surface area contributed by atoms with E-state index in [1.54, 1.807) is 30.0 Å². The smallest absolute Gasteiger partial charge is 0.353 e. The second-order valence-corrected chi connectivity index (χ2v) is 7.28. The Kier molecular flexibility index (Phi) is 6.71. The van der Waals surface area contributed by atoms with Crippen LogP contribution in [0.2, 0.25) is 10.0 Å². The average molecular weight is 440 g/mol. The van der Waals surface area contributed by atoms with E-state index < -0.39 is 4.92 Å². The molecule has 0 bridgehead atoms. The van der Waals surface area contributed by atoms with Crippen LogP contribution >= 0.6 is 23.2 Å². The summed E-state index contributed by atoms with van der Waals surface area (Å²) in [6.07, 6.45) is 2.59. The van der Waals surface area contributed by atoms with Gasteiger partial charge in [0, 0.05) is 18.1 Å². The van der Waals surface area contributed by atoms with Gasteiger partial charge in [0.05, 0.1) is 28.2 Å². The highest BCUT2D eigenvalue weighted by Gasteiger charge is 2.33. The fraction of sp³-hybridized carbons (Fsp3) is 0.389. The number of nitrogens with zero attached hydrogens (tertiary/aromatic N) is 4. The molecule has 0 saturated carbocycles. The molecule has 1 aromatic carbocycles. The minimum Gasteiger partial charge on any atom is -0.466 e. The number of ether oxygens (including phenoxy) is 1. The summed E-state index contributed by atoms with van der Waals surface area (Å²) in [6, 6.07) is 4.74. The zero-order chi connectivity index (χ0) is 21.0. The van der Waals surface area contributed by atoms with Gasteiger partial charge in [0.15, 0.2) is 0 Å². The molecule has 29 heavy (non-hydrogen) atoms. The number of aromatic nitrogens is 2. The van der Waals surface area contributed by atoms with Gasteiger partial charge in [-0.25, -0.2) is 9.97 Å². The maximum Gasteiger partial charge on any atom is 0.353 e. The Labute approximate surface area is 177 Å². The molecule has 2 aromatic rings. The van der Waals surface area contributed by atoms with Crippen LogP contribution in [-0.4, -0.2) is 40.6 Å². The molecular weight excluding hydrogens is 421 g/mol. The van der Waals surface area contributed by atoms with Crippen molar-refractivity contribution in [3.05, 3.63) is 44.7 Å². The summed E-state index contributed by atoms with van der Waals surface area (Å²) < 4.78 is 5.10. The summed E-state index contributed by atoms with van der Waals surface area (Å²) in [6.45, 7) is 2.85. The second-order valence-electron chi connectivity index (χ2n) is 6.44. The molecule has 3 rings (SSSR count). The van der Waals surface area contributed by atoms with Gasteiger partial charge >= 0.3 is 11.7 Å². The summed E-state index contributed by atoms with van der Waals surface area (Å²) in [5.41, 5.74) is 0.0861. The lowest BCUT2D eigenvalue weighted by Crippen LogP contribution is -2.40. The summed E-state index contributed by atoms with van der Waals surface area (Å²) in [7, 11) is 0. The Morgan fingerprint density at radius 2 is 2.21 bits per heavy atom. The fourth-order valence-electron chi connectivity index (χ4n) is 3.20. The van der Waals surface area contributed by atoms with E-state index in [0.29, 0.717) is 35.1 Å². The molecule has 1 atom stereocenters. The van der Waals surface area contributed by atoms with Gasteiger partial charge in [-0.2, -0.15) is 0 Å². The summed E-state index contributed by atoms with van der Waals surface area (Å²) in [5.74, 6) is -0.544. The molecular formula is C18H19Cl2N5O4. The second kappa shape index (κ2) is 9.23. The van der Waals surface area contributed by atoms with Gasteiger partial charge in [0.25, 0.3) is 0 Å². The third-order valence-electron chi connectivity index (χ3n) is 4.51. The number of rotatable bonds is 6. The molecule has 1 saturated heterocycles. The quantitative estimate of drug-likeness (QED) is 0.404. The number of nitrogens with one attached hydrogen (secondary N) is 1. The monoisotopic (exact) mass is 439 g/mol. The van der Waals surface area contributed by atoms with Crippen molar-refractivity contribution in [3.8, 4) is 0 Å². The van der Waals surface area contributed by atoms with Crippen molar-refractivity contribution in [2.45, 2.75) is 19.8 Å². The fourth-order valence-corrected chi connectivity index (χ4v) is 3.54. The number of carbonyl (C=O) groups is 1. The maximum absolute atomic E-state index is 12.1. The number of nitro groups is 1. The number of hydrogen-bond acceptors (Lipinski definition) is 8. The lowest BCUT2D eigenvalue weighted by atomic mass is 9.98. The first kappa shape index (κ1) is 21.1. The Bertz CT molecular complexity index is 927. The summed E-state index contributed by atoms with van der Waals surface area (Å²) in [5, 5.41) is 15.5. The van der Waals surface area contributed by atoms with Gasteiger partial charge in [-0.1, -0.05) is 23.2 Å². The number of hydrogen-bond donors (Lipinski definition) is 1. The molecule has 1 N–H and O–H groups in total. The molecule has 1 aromatic heterocycles. The standard InChI is InChI=1S/C18H19Cl2N5O4/c1-2-29-18(26)11-4-3-7-24(9-11)17-15(25(27)28)16(21-10-22-17)23-14-8-12(19)5-6-13(14)20/h5-6,8,10-11H,2-4,7,9H2,1H3,(H,21,22,23). The lowest BCUT2D eigenvalue weighted by Gasteiger charge is -2.32. The first-order valence-corrected chi connectivity index (χ1v) is 9.79. The molecule has 11 heteroatoms. The number of benzene rings is 1. The number of esters is 1. The van der Waals surface area contributed by atoms with Gasteiger partial charge in [0.2, 0.25) is 11.6 Å². The van der Waals surface area contributed by atoms with E-state index in [0.717, 1.165) is 0 Å². The van der Waals surface area contributed by atoms with Crippen molar-refractivity contribution in [2.75, 3.05) is 29.9 Å². The van der Waals surface area contributed by atoms with Crippen LogP contribution in [0.1, 0.15) is 19.8 Å². The minimum atomic E-state index is -0.551. The predicted octanol–water partition coefficient (Wildman–Crippen LogP) is 4.21. The molecule has 154 valence electrons. The third-order valence-corrected chi connectivity index (χ3v) is 5.07. The zero-order valence-electron chi connectivity index (χ0n) is 15.6. The van der Waals surface area contributed by atoms with E-state index in [9.17, 15) is 14.9 Å². The zero-order valence-corrected chi connectivity index (χ0v) is 17.1. The Morgan fingerprint density at radius 3 is 2.93 bits per heavy atom. The van der Waals surface area contributed by atoms with Crippen LogP contribution in [0.25, 0.3) is 0 Å². The van der Waals surface area contributed by atoms with E-state index in [-0.39, 0.29) is 42.4 Å². The van der Waals surface area contributed by atoms with Crippen LogP contribution in [-0.2, 0) is 9.53 Å².